The zero-order chi connectivity index (χ0) is 50.6. The van der Waals surface area contributed by atoms with Crippen LogP contribution in [-0.2, 0) is 0 Å². The van der Waals surface area contributed by atoms with E-state index < -0.39 is 0 Å². The van der Waals surface area contributed by atoms with Gasteiger partial charge < -0.3 is 9.13 Å². The second kappa shape index (κ2) is 17.9. The van der Waals surface area contributed by atoms with Crippen molar-refractivity contribution in [2.75, 3.05) is 0 Å². The van der Waals surface area contributed by atoms with Crippen molar-refractivity contribution in [2.45, 2.75) is 13.8 Å². The highest BCUT2D eigenvalue weighted by Gasteiger charge is 2.25. The SMILES string of the molecule is [C-]#[N+]c1ccc(-c2ccc3c4ccc(-c5ccc([N+]#[C-])cc5)cc4n(-c4cc(C#N)cc(-n5c6cc(-c7ccc(C#N)cc7)ccc6c6ccc(-c7ccc(C#N)cc7)cc65)c4-c4cc(C)cc(C)c4)c3c2)cc1. The lowest BCUT2D eigenvalue weighted by Crippen LogP contribution is -2.05. The van der Waals surface area contributed by atoms with E-state index in [1.54, 1.807) is 0 Å². The maximum Gasteiger partial charge on any atom is 0.187 e. The first-order valence-electron chi connectivity index (χ1n) is 24.0. The van der Waals surface area contributed by atoms with E-state index >= 15 is 0 Å². The molecule has 2 aromatic heterocycles. The molecular weight excluding hydrogens is 903 g/mol. The minimum Gasteiger partial charge on any atom is -0.308 e. The first-order valence-corrected chi connectivity index (χ1v) is 24.0. The van der Waals surface area contributed by atoms with Crippen molar-refractivity contribution < 1.29 is 0 Å². The van der Waals surface area contributed by atoms with Crippen LogP contribution in [0.25, 0.3) is 120 Å². The van der Waals surface area contributed by atoms with Crippen molar-refractivity contribution in [1.29, 1.82) is 15.8 Å². The smallest absolute Gasteiger partial charge is 0.187 e. The van der Waals surface area contributed by atoms with Gasteiger partial charge in [-0.2, -0.15) is 15.8 Å². The fourth-order valence-corrected chi connectivity index (χ4v) is 10.6. The highest BCUT2D eigenvalue weighted by Crippen LogP contribution is 2.46. The summed E-state index contributed by atoms with van der Waals surface area (Å²) < 4.78 is 4.62. The topological polar surface area (TPSA) is 89.9 Å². The van der Waals surface area contributed by atoms with Gasteiger partial charge in [0.25, 0.3) is 0 Å². The maximum absolute atomic E-state index is 11.3. The molecule has 0 bridgehead atoms. The molecule has 0 aliphatic rings. The van der Waals surface area contributed by atoms with Gasteiger partial charge in [0.15, 0.2) is 11.4 Å². The van der Waals surface area contributed by atoms with Gasteiger partial charge in [-0.05, 0) is 125 Å². The van der Waals surface area contributed by atoms with Gasteiger partial charge in [-0.25, -0.2) is 9.69 Å². The first-order chi connectivity index (χ1) is 36.2. The third-order valence-corrected chi connectivity index (χ3v) is 14.1. The van der Waals surface area contributed by atoms with Crippen LogP contribution in [0.3, 0.4) is 0 Å². The Morgan fingerprint density at radius 3 is 0.919 bits per heavy atom. The average molecular weight is 942 g/mol. The van der Waals surface area contributed by atoms with Gasteiger partial charge in [-0.3, -0.25) is 0 Å². The number of hydrogen-bond donors (Lipinski definition) is 0. The molecule has 7 heteroatoms. The molecule has 0 spiro atoms. The van der Waals surface area contributed by atoms with Gasteiger partial charge in [0.1, 0.15) is 0 Å². The van der Waals surface area contributed by atoms with E-state index in [4.69, 9.17) is 13.1 Å². The molecule has 10 aromatic carbocycles. The Bertz CT molecular complexity index is 4010. The van der Waals surface area contributed by atoms with Crippen LogP contribution in [0.15, 0.2) is 200 Å². The Morgan fingerprint density at radius 2 is 0.622 bits per heavy atom. The van der Waals surface area contributed by atoms with Crippen LogP contribution in [0.2, 0.25) is 0 Å². The lowest BCUT2D eigenvalue weighted by atomic mass is 9.95. The van der Waals surface area contributed by atoms with Crippen LogP contribution >= 0.6 is 0 Å². The molecule has 12 rings (SSSR count). The lowest BCUT2D eigenvalue weighted by Gasteiger charge is -2.22. The fraction of sp³-hybridized carbons (Fsp3) is 0.0299. The van der Waals surface area contributed by atoms with E-state index in [-0.39, 0.29) is 0 Å². The molecule has 7 nitrogen and oxygen atoms in total. The van der Waals surface area contributed by atoms with Crippen LogP contribution in [0, 0.1) is 61.0 Å². The molecule has 0 unspecified atom stereocenters. The van der Waals surface area contributed by atoms with Gasteiger partial charge in [0.2, 0.25) is 0 Å². The molecule has 342 valence electrons. The Kier molecular flexibility index (Phi) is 10.7. The summed E-state index contributed by atoms with van der Waals surface area (Å²) in [5.41, 5.74) is 20.0. The molecule has 0 aliphatic carbocycles. The first kappa shape index (κ1) is 44.5. The van der Waals surface area contributed by atoms with Crippen LogP contribution in [0.5, 0.6) is 0 Å². The molecule has 12 aromatic rings. The number of fused-ring (bicyclic) bond motifs is 6. The zero-order valence-electron chi connectivity index (χ0n) is 40.2. The maximum atomic E-state index is 11.3. The largest absolute Gasteiger partial charge is 0.308 e. The summed E-state index contributed by atoms with van der Waals surface area (Å²) in [6.07, 6.45) is 0. The van der Waals surface area contributed by atoms with E-state index in [1.165, 1.54) is 0 Å². The molecule has 74 heavy (non-hydrogen) atoms. The Morgan fingerprint density at radius 1 is 0.324 bits per heavy atom. The minimum absolute atomic E-state index is 0.469. The number of hydrogen-bond acceptors (Lipinski definition) is 3. The normalized spacial score (nSPS) is 11.0. The predicted molar refractivity (Wildman–Crippen MR) is 298 cm³/mol. The number of aryl methyl sites for hydroxylation is 2. The van der Waals surface area contributed by atoms with Gasteiger partial charge >= 0.3 is 0 Å². The summed E-state index contributed by atoms with van der Waals surface area (Å²) in [6.45, 7) is 19.5. The van der Waals surface area contributed by atoms with Crippen LogP contribution in [0.1, 0.15) is 27.8 Å². The molecule has 0 aliphatic heterocycles. The van der Waals surface area contributed by atoms with Crippen molar-refractivity contribution in [3.63, 3.8) is 0 Å². The summed E-state index contributed by atoms with van der Waals surface area (Å²) in [5.74, 6) is 0. The van der Waals surface area contributed by atoms with Crippen LogP contribution in [0.4, 0.5) is 11.4 Å². The highest BCUT2D eigenvalue weighted by molar-refractivity contribution is 6.14. The van der Waals surface area contributed by atoms with Crippen molar-refractivity contribution in [1.82, 2.24) is 9.13 Å². The Hall–Kier alpha value is -10.8. The van der Waals surface area contributed by atoms with E-state index in [0.717, 1.165) is 122 Å². The number of aromatic nitrogens is 2. The van der Waals surface area contributed by atoms with Crippen molar-refractivity contribution in [3.8, 4) is 85.2 Å². The molecule has 0 atom stereocenters. The molecule has 0 amide bonds. The Labute approximate surface area is 427 Å². The second-order valence-corrected chi connectivity index (χ2v) is 18.7. The summed E-state index contributed by atoms with van der Waals surface area (Å²) in [7, 11) is 0. The van der Waals surface area contributed by atoms with E-state index in [1.807, 2.05) is 109 Å². The second-order valence-electron chi connectivity index (χ2n) is 18.7. The standard InChI is InChI=1S/C67H39N7/c1-41-29-42(2)31-54(30-41)67-65(73-61-34-50(46-9-5-43(38-68)6-10-46)17-25-57(61)58-26-18-51(35-62(58)73)47-11-7-44(39-69)8-12-47)32-45(40-70)33-66(67)74-63-36-52(48-13-21-55(71-3)22-14-48)19-27-59(63)60-28-20-53(37-64(60)74)49-15-23-56(72-4)24-16-49/h5-37H,1-2H3. The van der Waals surface area contributed by atoms with Crippen molar-refractivity contribution >= 4 is 55.0 Å². The highest BCUT2D eigenvalue weighted by atomic mass is 15.0. The summed E-state index contributed by atoms with van der Waals surface area (Å²) in [5, 5.41) is 34.7. The van der Waals surface area contributed by atoms with E-state index in [9.17, 15) is 15.8 Å². The fourth-order valence-electron chi connectivity index (χ4n) is 10.6. The molecular formula is C67H39N7. The van der Waals surface area contributed by atoms with E-state index in [2.05, 4.69) is 142 Å². The molecule has 2 heterocycles. The summed E-state index contributed by atoms with van der Waals surface area (Å²) in [6, 6.07) is 74.4. The molecule has 0 radical (unpaired) electrons. The Balaban J connectivity index is 1.23. The van der Waals surface area contributed by atoms with Crippen molar-refractivity contribution in [3.05, 3.63) is 251 Å². The van der Waals surface area contributed by atoms with Gasteiger partial charge in [0.05, 0.1) is 81.5 Å². The summed E-state index contributed by atoms with van der Waals surface area (Å²) in [4.78, 5) is 7.30. The molecule has 0 saturated heterocycles. The van der Waals surface area contributed by atoms with Gasteiger partial charge in [-0.1, -0.05) is 151 Å². The number of nitrogens with zero attached hydrogens (tertiary/aromatic N) is 7. The summed E-state index contributed by atoms with van der Waals surface area (Å²) >= 11 is 0. The lowest BCUT2D eigenvalue weighted by molar-refractivity contribution is 1.13. The van der Waals surface area contributed by atoms with E-state index in [0.29, 0.717) is 28.1 Å². The van der Waals surface area contributed by atoms with Crippen LogP contribution in [-0.4, -0.2) is 9.13 Å². The zero-order valence-corrected chi connectivity index (χ0v) is 40.2. The van der Waals surface area contributed by atoms with Gasteiger partial charge in [-0.15, -0.1) is 0 Å². The van der Waals surface area contributed by atoms with Crippen LogP contribution < -0.4 is 0 Å². The molecule has 0 N–H and O–H groups in total. The van der Waals surface area contributed by atoms with Crippen molar-refractivity contribution in [2.24, 2.45) is 0 Å². The van der Waals surface area contributed by atoms with Gasteiger partial charge in [0, 0.05) is 27.1 Å². The number of nitriles is 3. The third-order valence-electron chi connectivity index (χ3n) is 14.1. The minimum atomic E-state index is 0.469. The molecule has 0 fully saturated rings. The number of benzene rings is 10. The number of rotatable bonds is 7. The monoisotopic (exact) mass is 941 g/mol. The average Bonchev–Trinajstić information content (AvgIpc) is 3.95. The molecule has 0 saturated carbocycles. The quantitative estimate of drug-likeness (QED) is 0.149. The third kappa shape index (κ3) is 7.58. The predicted octanol–water partition coefficient (Wildman–Crippen LogP) is 17.5.